The van der Waals surface area contributed by atoms with Crippen LogP contribution in [0.5, 0.6) is 0 Å². The SMILES string of the molecule is CNc1cc(-c2cnnn2C)nc(C)n1. The average molecular weight is 204 g/mol. The summed E-state index contributed by atoms with van der Waals surface area (Å²) < 4.78 is 1.68. The van der Waals surface area contributed by atoms with Crippen molar-refractivity contribution in [2.45, 2.75) is 6.92 Å². The number of hydrogen-bond acceptors (Lipinski definition) is 5. The fraction of sp³-hybridized carbons (Fsp3) is 0.333. The van der Waals surface area contributed by atoms with Gasteiger partial charge in [-0.05, 0) is 6.92 Å². The molecule has 0 aliphatic rings. The molecule has 0 amide bonds. The molecule has 0 radical (unpaired) electrons. The van der Waals surface area contributed by atoms with Gasteiger partial charge < -0.3 is 5.32 Å². The molecule has 15 heavy (non-hydrogen) atoms. The topological polar surface area (TPSA) is 68.5 Å². The Morgan fingerprint density at radius 1 is 1.33 bits per heavy atom. The normalized spacial score (nSPS) is 10.3. The van der Waals surface area contributed by atoms with Crippen LogP contribution in [0.3, 0.4) is 0 Å². The molecule has 0 saturated heterocycles. The molecular weight excluding hydrogens is 192 g/mol. The van der Waals surface area contributed by atoms with Crippen LogP contribution in [-0.4, -0.2) is 32.0 Å². The minimum Gasteiger partial charge on any atom is -0.373 e. The quantitative estimate of drug-likeness (QED) is 0.776. The highest BCUT2D eigenvalue weighted by molar-refractivity contribution is 5.57. The predicted molar refractivity (Wildman–Crippen MR) is 56.3 cm³/mol. The van der Waals surface area contributed by atoms with E-state index < -0.39 is 0 Å². The first-order chi connectivity index (χ1) is 7.20. The maximum absolute atomic E-state index is 4.33. The van der Waals surface area contributed by atoms with Gasteiger partial charge in [0, 0.05) is 20.2 Å². The second kappa shape index (κ2) is 3.64. The minimum absolute atomic E-state index is 0.720. The van der Waals surface area contributed by atoms with Gasteiger partial charge >= 0.3 is 0 Å². The van der Waals surface area contributed by atoms with Crippen molar-refractivity contribution in [3.63, 3.8) is 0 Å². The Kier molecular flexibility index (Phi) is 2.32. The third kappa shape index (κ3) is 1.78. The number of aryl methyl sites for hydroxylation is 2. The lowest BCUT2D eigenvalue weighted by atomic mass is 10.3. The molecule has 2 rings (SSSR count). The van der Waals surface area contributed by atoms with Crippen LogP contribution in [0, 0.1) is 6.92 Å². The molecule has 0 aliphatic carbocycles. The second-order valence-corrected chi connectivity index (χ2v) is 3.18. The van der Waals surface area contributed by atoms with Crippen LogP contribution >= 0.6 is 0 Å². The molecular formula is C9H12N6. The monoisotopic (exact) mass is 204 g/mol. The highest BCUT2D eigenvalue weighted by atomic mass is 15.4. The van der Waals surface area contributed by atoms with Crippen molar-refractivity contribution in [1.29, 1.82) is 0 Å². The maximum Gasteiger partial charge on any atom is 0.130 e. The minimum atomic E-state index is 0.720. The van der Waals surface area contributed by atoms with Gasteiger partial charge in [-0.2, -0.15) is 0 Å². The molecule has 6 heteroatoms. The summed E-state index contributed by atoms with van der Waals surface area (Å²) in [7, 11) is 3.66. The highest BCUT2D eigenvalue weighted by Crippen LogP contribution is 2.17. The highest BCUT2D eigenvalue weighted by Gasteiger charge is 2.07. The van der Waals surface area contributed by atoms with E-state index in [9.17, 15) is 0 Å². The molecule has 0 fully saturated rings. The molecule has 1 N–H and O–H groups in total. The van der Waals surface area contributed by atoms with Gasteiger partial charge in [-0.1, -0.05) is 5.21 Å². The largest absolute Gasteiger partial charge is 0.373 e. The summed E-state index contributed by atoms with van der Waals surface area (Å²) >= 11 is 0. The zero-order valence-electron chi connectivity index (χ0n) is 8.89. The Hall–Kier alpha value is -1.98. The molecule has 0 unspecified atom stereocenters. The molecule has 2 heterocycles. The maximum atomic E-state index is 4.33. The van der Waals surface area contributed by atoms with Crippen molar-refractivity contribution in [2.75, 3.05) is 12.4 Å². The van der Waals surface area contributed by atoms with Gasteiger partial charge in [-0.3, -0.25) is 0 Å². The van der Waals surface area contributed by atoms with Gasteiger partial charge in [0.05, 0.1) is 11.9 Å². The summed E-state index contributed by atoms with van der Waals surface area (Å²) in [5, 5.41) is 10.7. The first-order valence-corrected chi connectivity index (χ1v) is 4.59. The molecule has 0 aliphatic heterocycles. The lowest BCUT2D eigenvalue weighted by Crippen LogP contribution is -2.01. The van der Waals surface area contributed by atoms with Crippen LogP contribution in [0.2, 0.25) is 0 Å². The van der Waals surface area contributed by atoms with Gasteiger partial charge in [0.15, 0.2) is 0 Å². The van der Waals surface area contributed by atoms with E-state index >= 15 is 0 Å². The summed E-state index contributed by atoms with van der Waals surface area (Å²) in [6.45, 7) is 1.86. The van der Waals surface area contributed by atoms with Gasteiger partial charge in [0.2, 0.25) is 0 Å². The first-order valence-electron chi connectivity index (χ1n) is 4.59. The lowest BCUT2D eigenvalue weighted by molar-refractivity contribution is 0.718. The molecule has 0 saturated carbocycles. The van der Waals surface area contributed by atoms with Crippen molar-refractivity contribution in [3.05, 3.63) is 18.1 Å². The molecule has 0 bridgehead atoms. The van der Waals surface area contributed by atoms with Crippen molar-refractivity contribution in [2.24, 2.45) is 7.05 Å². The van der Waals surface area contributed by atoms with E-state index in [1.165, 1.54) is 0 Å². The summed E-state index contributed by atoms with van der Waals surface area (Å²) in [4.78, 5) is 8.55. The van der Waals surface area contributed by atoms with Crippen molar-refractivity contribution in [3.8, 4) is 11.4 Å². The van der Waals surface area contributed by atoms with E-state index in [1.54, 1.807) is 10.9 Å². The molecule has 0 spiro atoms. The van der Waals surface area contributed by atoms with Crippen molar-refractivity contribution >= 4 is 5.82 Å². The number of nitrogens with one attached hydrogen (secondary N) is 1. The summed E-state index contributed by atoms with van der Waals surface area (Å²) in [6.07, 6.45) is 1.68. The number of hydrogen-bond donors (Lipinski definition) is 1. The van der Waals surface area contributed by atoms with E-state index in [0.29, 0.717) is 0 Å². The van der Waals surface area contributed by atoms with Crippen LogP contribution in [0.25, 0.3) is 11.4 Å². The standard InChI is InChI=1S/C9H12N6/c1-6-12-7(4-9(10-2)13-6)8-5-11-14-15(8)3/h4-5H,1-3H3,(H,10,12,13). The van der Waals surface area contributed by atoms with Crippen LogP contribution in [0.1, 0.15) is 5.82 Å². The molecule has 2 aromatic heterocycles. The third-order valence-electron chi connectivity index (χ3n) is 2.07. The number of anilines is 1. The molecule has 78 valence electrons. The Morgan fingerprint density at radius 2 is 2.13 bits per heavy atom. The van der Waals surface area contributed by atoms with E-state index in [1.807, 2.05) is 27.1 Å². The van der Waals surface area contributed by atoms with E-state index in [-0.39, 0.29) is 0 Å². The van der Waals surface area contributed by atoms with Crippen molar-refractivity contribution < 1.29 is 0 Å². The van der Waals surface area contributed by atoms with E-state index in [2.05, 4.69) is 25.6 Å². The summed E-state index contributed by atoms with van der Waals surface area (Å²) in [6, 6.07) is 1.87. The third-order valence-corrected chi connectivity index (χ3v) is 2.07. The zero-order valence-corrected chi connectivity index (χ0v) is 8.89. The van der Waals surface area contributed by atoms with Crippen LogP contribution < -0.4 is 5.32 Å². The molecule has 0 aromatic carbocycles. The Balaban J connectivity index is 2.53. The van der Waals surface area contributed by atoms with Crippen LogP contribution in [0.15, 0.2) is 12.3 Å². The molecule has 6 nitrogen and oxygen atoms in total. The van der Waals surface area contributed by atoms with E-state index in [0.717, 1.165) is 23.0 Å². The number of nitrogens with zero attached hydrogens (tertiary/aromatic N) is 5. The molecule has 2 aromatic rings. The van der Waals surface area contributed by atoms with Gasteiger partial charge in [-0.25, -0.2) is 14.6 Å². The zero-order chi connectivity index (χ0) is 10.8. The summed E-state index contributed by atoms with van der Waals surface area (Å²) in [5.41, 5.74) is 1.69. The predicted octanol–water partition coefficient (Wildman–Crippen LogP) is 0.622. The van der Waals surface area contributed by atoms with Crippen LogP contribution in [-0.2, 0) is 7.05 Å². The van der Waals surface area contributed by atoms with Gasteiger partial charge in [0.1, 0.15) is 17.3 Å². The Morgan fingerprint density at radius 3 is 2.73 bits per heavy atom. The van der Waals surface area contributed by atoms with Crippen LogP contribution in [0.4, 0.5) is 5.82 Å². The fourth-order valence-corrected chi connectivity index (χ4v) is 1.35. The Labute approximate surface area is 87.4 Å². The fourth-order valence-electron chi connectivity index (χ4n) is 1.35. The smallest absolute Gasteiger partial charge is 0.130 e. The number of rotatable bonds is 2. The first kappa shape index (κ1) is 9.57. The van der Waals surface area contributed by atoms with E-state index in [4.69, 9.17) is 0 Å². The van der Waals surface area contributed by atoms with Gasteiger partial charge in [0.25, 0.3) is 0 Å². The average Bonchev–Trinajstić information content (AvgIpc) is 2.63. The lowest BCUT2D eigenvalue weighted by Gasteiger charge is -2.04. The Bertz CT molecular complexity index is 475. The summed E-state index contributed by atoms with van der Waals surface area (Å²) in [5.74, 6) is 1.51. The number of aromatic nitrogens is 5. The van der Waals surface area contributed by atoms with Gasteiger partial charge in [-0.15, -0.1) is 5.10 Å². The second-order valence-electron chi connectivity index (χ2n) is 3.18. The molecule has 0 atom stereocenters. The van der Waals surface area contributed by atoms with Crippen molar-refractivity contribution in [1.82, 2.24) is 25.0 Å².